The average molecular weight is 375 g/mol. The zero-order valence-corrected chi connectivity index (χ0v) is 14.5. The Morgan fingerprint density at radius 1 is 1.19 bits per heavy atom. The number of anilines is 1. The summed E-state index contributed by atoms with van der Waals surface area (Å²) in [4.78, 5) is 7.82. The van der Waals surface area contributed by atoms with Gasteiger partial charge in [0.25, 0.3) is 0 Å². The van der Waals surface area contributed by atoms with Crippen molar-refractivity contribution in [2.75, 3.05) is 31.1 Å². The highest BCUT2D eigenvalue weighted by Crippen LogP contribution is 2.32. The van der Waals surface area contributed by atoms with Crippen LogP contribution in [-0.2, 0) is 6.18 Å². The first kappa shape index (κ1) is 19.3. The number of aliphatic hydroxyl groups excluding tert-OH is 3. The Kier molecular flexibility index (Phi) is 5.43. The topological polar surface area (TPSA) is 80.1 Å². The first-order valence-electron chi connectivity index (χ1n) is 8.73. The Balaban J connectivity index is 1.63. The van der Waals surface area contributed by atoms with E-state index in [1.807, 2.05) is 9.80 Å². The number of rotatable bonds is 3. The Hall–Kier alpha value is -1.42. The summed E-state index contributed by atoms with van der Waals surface area (Å²) < 4.78 is 38.6. The van der Waals surface area contributed by atoms with Gasteiger partial charge in [0, 0.05) is 38.4 Å². The summed E-state index contributed by atoms with van der Waals surface area (Å²) >= 11 is 0. The fourth-order valence-corrected chi connectivity index (χ4v) is 3.77. The molecule has 0 spiro atoms. The maximum atomic E-state index is 12.9. The third kappa shape index (κ3) is 3.95. The minimum absolute atomic E-state index is 0.184. The van der Waals surface area contributed by atoms with Gasteiger partial charge in [0.2, 0.25) is 0 Å². The number of alkyl halides is 3. The van der Waals surface area contributed by atoms with Crippen LogP contribution in [0, 0.1) is 5.92 Å². The highest BCUT2D eigenvalue weighted by Gasteiger charge is 2.40. The van der Waals surface area contributed by atoms with Crippen LogP contribution in [0.15, 0.2) is 18.3 Å². The van der Waals surface area contributed by atoms with Gasteiger partial charge in [0.1, 0.15) is 11.9 Å². The van der Waals surface area contributed by atoms with Crippen LogP contribution in [0.25, 0.3) is 0 Å². The number of halogens is 3. The van der Waals surface area contributed by atoms with Crippen molar-refractivity contribution in [2.45, 2.75) is 43.9 Å². The molecule has 146 valence electrons. The van der Waals surface area contributed by atoms with Gasteiger partial charge in [0.15, 0.2) is 0 Å². The van der Waals surface area contributed by atoms with Crippen molar-refractivity contribution in [2.24, 2.45) is 5.92 Å². The SMILES string of the molecule is C[C@@H]1[C@@H](O)[C@H](O)[C@@H](O)CN1CC1CCN(c2cc(C(F)(F)F)ccn2)C1. The number of nitrogens with zero attached hydrogens (tertiary/aromatic N) is 3. The minimum Gasteiger partial charge on any atom is -0.389 e. The molecule has 0 saturated carbocycles. The molecule has 5 atom stereocenters. The van der Waals surface area contributed by atoms with Gasteiger partial charge in [0.05, 0.1) is 17.8 Å². The average Bonchev–Trinajstić information content (AvgIpc) is 3.06. The van der Waals surface area contributed by atoms with Crippen molar-refractivity contribution in [3.8, 4) is 0 Å². The predicted molar refractivity (Wildman–Crippen MR) is 88.6 cm³/mol. The van der Waals surface area contributed by atoms with Crippen molar-refractivity contribution >= 4 is 5.82 Å². The molecule has 0 bridgehead atoms. The van der Waals surface area contributed by atoms with E-state index in [9.17, 15) is 28.5 Å². The molecule has 26 heavy (non-hydrogen) atoms. The number of piperidine rings is 1. The van der Waals surface area contributed by atoms with Gasteiger partial charge in [-0.3, -0.25) is 4.90 Å². The van der Waals surface area contributed by atoms with Gasteiger partial charge in [-0.2, -0.15) is 13.2 Å². The maximum Gasteiger partial charge on any atom is 0.416 e. The van der Waals surface area contributed by atoms with E-state index in [1.165, 1.54) is 6.20 Å². The summed E-state index contributed by atoms with van der Waals surface area (Å²) in [6.45, 7) is 3.82. The summed E-state index contributed by atoms with van der Waals surface area (Å²) in [6, 6.07) is 1.73. The molecule has 1 aromatic rings. The van der Waals surface area contributed by atoms with E-state index >= 15 is 0 Å². The molecule has 3 heterocycles. The van der Waals surface area contributed by atoms with Crippen LogP contribution in [0.2, 0.25) is 0 Å². The van der Waals surface area contributed by atoms with Gasteiger partial charge in [-0.05, 0) is 31.4 Å². The zero-order chi connectivity index (χ0) is 19.1. The number of aliphatic hydroxyl groups is 3. The molecule has 2 fully saturated rings. The molecule has 0 radical (unpaired) electrons. The molecule has 3 rings (SSSR count). The van der Waals surface area contributed by atoms with Gasteiger partial charge in [-0.25, -0.2) is 4.98 Å². The number of aromatic nitrogens is 1. The van der Waals surface area contributed by atoms with E-state index in [2.05, 4.69) is 4.98 Å². The normalized spacial score (nSPS) is 33.7. The molecule has 6 nitrogen and oxygen atoms in total. The fourth-order valence-electron chi connectivity index (χ4n) is 3.77. The third-order valence-corrected chi connectivity index (χ3v) is 5.41. The summed E-state index contributed by atoms with van der Waals surface area (Å²) in [5.41, 5.74) is -0.712. The minimum atomic E-state index is -4.40. The van der Waals surface area contributed by atoms with E-state index in [1.54, 1.807) is 6.92 Å². The lowest BCUT2D eigenvalue weighted by Gasteiger charge is -2.43. The maximum absolute atomic E-state index is 12.9. The van der Waals surface area contributed by atoms with E-state index in [-0.39, 0.29) is 18.5 Å². The molecule has 9 heteroatoms. The standard InChI is InChI=1S/C17H24F3N3O3/c1-10-15(25)16(26)13(24)9-23(10)8-11-3-5-22(7-11)14-6-12(2-4-21-14)17(18,19)20/h2,4,6,10-11,13,15-16,24-26H,3,5,7-9H2,1H3/t10-,11?,13+,15-,16-/m1/s1. The van der Waals surface area contributed by atoms with E-state index in [4.69, 9.17) is 0 Å². The lowest BCUT2D eigenvalue weighted by molar-refractivity contribution is -0.137. The quantitative estimate of drug-likeness (QED) is 0.722. The van der Waals surface area contributed by atoms with Gasteiger partial charge in [-0.15, -0.1) is 0 Å². The largest absolute Gasteiger partial charge is 0.416 e. The van der Waals surface area contributed by atoms with Crippen molar-refractivity contribution < 1.29 is 28.5 Å². The van der Waals surface area contributed by atoms with Crippen molar-refractivity contribution in [3.63, 3.8) is 0 Å². The van der Waals surface area contributed by atoms with Crippen LogP contribution in [0.4, 0.5) is 19.0 Å². The smallest absolute Gasteiger partial charge is 0.389 e. The fraction of sp³-hybridized carbons (Fsp3) is 0.706. The van der Waals surface area contributed by atoms with E-state index < -0.39 is 30.1 Å². The Bertz CT molecular complexity index is 631. The molecule has 3 N–H and O–H groups in total. The summed E-state index contributed by atoms with van der Waals surface area (Å²) in [7, 11) is 0. The first-order valence-corrected chi connectivity index (χ1v) is 8.73. The molecular formula is C17H24F3N3O3. The van der Waals surface area contributed by atoms with Crippen molar-refractivity contribution in [3.05, 3.63) is 23.9 Å². The first-order chi connectivity index (χ1) is 12.2. The predicted octanol–water partition coefficient (Wildman–Crippen LogP) is 0.714. The number of hydrogen-bond donors (Lipinski definition) is 3. The van der Waals surface area contributed by atoms with Crippen LogP contribution in [-0.4, -0.2) is 75.7 Å². The molecule has 1 aromatic heterocycles. The number of hydrogen-bond acceptors (Lipinski definition) is 6. The third-order valence-electron chi connectivity index (χ3n) is 5.41. The van der Waals surface area contributed by atoms with Gasteiger partial charge < -0.3 is 20.2 Å². The molecule has 2 saturated heterocycles. The molecule has 0 amide bonds. The molecule has 2 aliphatic rings. The molecule has 0 aromatic carbocycles. The Morgan fingerprint density at radius 2 is 1.92 bits per heavy atom. The van der Waals surface area contributed by atoms with Gasteiger partial charge >= 0.3 is 6.18 Å². The van der Waals surface area contributed by atoms with Gasteiger partial charge in [-0.1, -0.05) is 0 Å². The Morgan fingerprint density at radius 3 is 2.62 bits per heavy atom. The Labute approximate surface area is 149 Å². The summed E-state index contributed by atoms with van der Waals surface area (Å²) in [5.74, 6) is 0.493. The van der Waals surface area contributed by atoms with Crippen LogP contribution in [0.3, 0.4) is 0 Å². The highest BCUT2D eigenvalue weighted by atomic mass is 19.4. The number of β-amino-alcohol motifs (C(OH)–C–C–N with tert-alkyl or cyclic N) is 1. The second kappa shape index (κ2) is 7.30. The highest BCUT2D eigenvalue weighted by molar-refractivity contribution is 5.43. The van der Waals surface area contributed by atoms with Crippen LogP contribution < -0.4 is 4.90 Å². The molecule has 1 unspecified atom stereocenters. The zero-order valence-electron chi connectivity index (χ0n) is 14.5. The van der Waals surface area contributed by atoms with Crippen molar-refractivity contribution in [1.29, 1.82) is 0 Å². The second-order valence-electron chi connectivity index (χ2n) is 7.24. The number of pyridine rings is 1. The lowest BCUT2D eigenvalue weighted by atomic mass is 9.93. The lowest BCUT2D eigenvalue weighted by Crippen LogP contribution is -2.60. The van der Waals surface area contributed by atoms with Crippen molar-refractivity contribution in [1.82, 2.24) is 9.88 Å². The van der Waals surface area contributed by atoms with Crippen LogP contribution >= 0.6 is 0 Å². The van der Waals surface area contributed by atoms with Crippen LogP contribution in [0.1, 0.15) is 18.9 Å². The second-order valence-corrected chi connectivity index (χ2v) is 7.24. The van der Waals surface area contributed by atoms with E-state index in [0.29, 0.717) is 25.5 Å². The number of likely N-dealkylation sites (tertiary alicyclic amines) is 1. The molecule has 2 aliphatic heterocycles. The monoisotopic (exact) mass is 375 g/mol. The molecule has 0 aliphatic carbocycles. The summed E-state index contributed by atoms with van der Waals surface area (Å²) in [6.07, 6.45) is -5.63. The summed E-state index contributed by atoms with van der Waals surface area (Å²) in [5, 5.41) is 29.6. The van der Waals surface area contributed by atoms with E-state index in [0.717, 1.165) is 18.6 Å². The van der Waals surface area contributed by atoms with Crippen LogP contribution in [0.5, 0.6) is 0 Å². The molecular weight excluding hydrogens is 351 g/mol.